The maximum Gasteiger partial charge on any atom is 0.184 e. The predicted molar refractivity (Wildman–Crippen MR) is 182 cm³/mol. The average molecular weight is 608 g/mol. The van der Waals surface area contributed by atoms with Crippen molar-refractivity contribution in [2.45, 2.75) is 117 Å². The van der Waals surface area contributed by atoms with Gasteiger partial charge in [-0.1, -0.05) is 103 Å². The Morgan fingerprint density at radius 3 is 1.80 bits per heavy atom. The second-order valence-electron chi connectivity index (χ2n) is 11.7. The summed E-state index contributed by atoms with van der Waals surface area (Å²) < 4.78 is 11.8. The highest BCUT2D eigenvalue weighted by Crippen LogP contribution is 2.20. The van der Waals surface area contributed by atoms with Gasteiger partial charge >= 0.3 is 0 Å². The Balaban J connectivity index is 1.56. The molecule has 0 fully saturated rings. The Kier molecular flexibility index (Phi) is 20.2. The quantitative estimate of drug-likeness (QED) is 0.0561. The average Bonchev–Trinajstić information content (AvgIpc) is 3.02. The molecular weight excluding hydrogens is 550 g/mol. The molecular formula is C38H57NO5. The van der Waals surface area contributed by atoms with Crippen LogP contribution in [-0.4, -0.2) is 35.8 Å². The number of ketones is 1. The first-order chi connectivity index (χ1) is 21.5. The minimum absolute atomic E-state index is 0.0927. The standard InChI is InChI=1S/C38H57NO5/c1-3-4-5-6-7-8-9-10-11-12-13-14-15-16-28-43-36-22-18-33(19-23-36)31-44-37-24-20-34(21-25-37)38(42)30-35(41)29-32(2)39-26-17-27-40/h18-25,29-30,39-40,42H,3-17,26-28,31H2,1-2H3/b32-29+,38-30-. The lowest BCUT2D eigenvalue weighted by atomic mass is 10.0. The molecule has 0 amide bonds. The van der Waals surface area contributed by atoms with Crippen molar-refractivity contribution in [2.24, 2.45) is 0 Å². The molecule has 0 heterocycles. The fourth-order valence-electron chi connectivity index (χ4n) is 4.95. The molecule has 2 aromatic rings. The number of unbranched alkanes of at least 4 members (excludes halogenated alkanes) is 13. The van der Waals surface area contributed by atoms with Gasteiger partial charge in [0.15, 0.2) is 5.78 Å². The van der Waals surface area contributed by atoms with E-state index < -0.39 is 0 Å². The van der Waals surface area contributed by atoms with Gasteiger partial charge < -0.3 is 25.0 Å². The van der Waals surface area contributed by atoms with Crippen molar-refractivity contribution < 1.29 is 24.5 Å². The van der Waals surface area contributed by atoms with Gasteiger partial charge in [-0.2, -0.15) is 0 Å². The molecule has 244 valence electrons. The summed E-state index contributed by atoms with van der Waals surface area (Å²) in [7, 11) is 0. The second kappa shape index (κ2) is 24.1. The van der Waals surface area contributed by atoms with Gasteiger partial charge in [0.05, 0.1) is 6.61 Å². The van der Waals surface area contributed by atoms with Crippen LogP contribution in [0.2, 0.25) is 0 Å². The van der Waals surface area contributed by atoms with Crippen molar-refractivity contribution in [3.05, 3.63) is 77.5 Å². The first-order valence-corrected chi connectivity index (χ1v) is 16.9. The number of aliphatic hydroxyl groups is 2. The van der Waals surface area contributed by atoms with Crippen molar-refractivity contribution in [1.29, 1.82) is 0 Å². The van der Waals surface area contributed by atoms with Crippen molar-refractivity contribution in [2.75, 3.05) is 19.8 Å². The molecule has 6 heteroatoms. The molecule has 0 atom stereocenters. The zero-order valence-corrected chi connectivity index (χ0v) is 27.3. The summed E-state index contributed by atoms with van der Waals surface area (Å²) >= 11 is 0. The van der Waals surface area contributed by atoms with Crippen LogP contribution < -0.4 is 14.8 Å². The molecule has 0 spiro atoms. The third-order valence-electron chi connectivity index (χ3n) is 7.62. The van der Waals surface area contributed by atoms with Gasteiger partial charge in [0.1, 0.15) is 23.9 Å². The van der Waals surface area contributed by atoms with Crippen LogP contribution in [0.25, 0.3) is 5.76 Å². The van der Waals surface area contributed by atoms with Gasteiger partial charge in [0, 0.05) is 36.6 Å². The van der Waals surface area contributed by atoms with E-state index in [0.717, 1.165) is 24.3 Å². The zero-order valence-electron chi connectivity index (χ0n) is 27.3. The number of hydrogen-bond donors (Lipinski definition) is 3. The SMILES string of the molecule is CCCCCCCCCCCCCCCCOc1ccc(COc2ccc(/C(O)=C/C(=O)/C=C(\C)NCCCO)cc2)cc1. The number of ether oxygens (including phenoxy) is 2. The maximum absolute atomic E-state index is 12.2. The van der Waals surface area contributed by atoms with Gasteiger partial charge in [-0.3, -0.25) is 4.79 Å². The van der Waals surface area contributed by atoms with E-state index in [1.54, 1.807) is 31.2 Å². The number of allylic oxidation sites excluding steroid dienone is 3. The van der Waals surface area contributed by atoms with E-state index in [4.69, 9.17) is 14.6 Å². The van der Waals surface area contributed by atoms with Crippen LogP contribution in [0.4, 0.5) is 0 Å². The molecule has 0 saturated heterocycles. The summed E-state index contributed by atoms with van der Waals surface area (Å²) in [5, 5.41) is 22.2. The molecule has 0 bridgehead atoms. The third-order valence-corrected chi connectivity index (χ3v) is 7.62. The van der Waals surface area contributed by atoms with E-state index in [0.29, 0.717) is 36.6 Å². The fourth-order valence-corrected chi connectivity index (χ4v) is 4.95. The number of nitrogens with one attached hydrogen (secondary N) is 1. The molecule has 0 aliphatic rings. The van der Waals surface area contributed by atoms with Gasteiger partial charge in [-0.15, -0.1) is 0 Å². The zero-order chi connectivity index (χ0) is 31.7. The summed E-state index contributed by atoms with van der Waals surface area (Å²) in [6.45, 7) is 5.90. The summed E-state index contributed by atoms with van der Waals surface area (Å²) in [6, 6.07) is 15.0. The first-order valence-electron chi connectivity index (χ1n) is 16.9. The van der Waals surface area contributed by atoms with Crippen LogP contribution in [0, 0.1) is 0 Å². The topological polar surface area (TPSA) is 88.0 Å². The Labute approximate surface area is 266 Å². The van der Waals surface area contributed by atoms with E-state index in [9.17, 15) is 9.90 Å². The normalized spacial score (nSPS) is 11.9. The number of benzene rings is 2. The molecule has 44 heavy (non-hydrogen) atoms. The van der Waals surface area contributed by atoms with Gasteiger partial charge in [-0.05, 0) is 61.7 Å². The predicted octanol–water partition coefficient (Wildman–Crippen LogP) is 9.47. The highest BCUT2D eigenvalue weighted by Gasteiger charge is 2.04. The minimum Gasteiger partial charge on any atom is -0.507 e. The number of hydrogen-bond acceptors (Lipinski definition) is 6. The Morgan fingerprint density at radius 2 is 1.23 bits per heavy atom. The number of aliphatic hydroxyl groups excluding tert-OH is 2. The van der Waals surface area contributed by atoms with Crippen LogP contribution in [0.3, 0.4) is 0 Å². The van der Waals surface area contributed by atoms with Crippen molar-refractivity contribution in [3.63, 3.8) is 0 Å². The van der Waals surface area contributed by atoms with E-state index in [2.05, 4.69) is 12.2 Å². The maximum atomic E-state index is 12.2. The summed E-state index contributed by atoms with van der Waals surface area (Å²) in [6.07, 6.45) is 22.2. The van der Waals surface area contributed by atoms with Crippen molar-refractivity contribution >= 4 is 11.5 Å². The van der Waals surface area contributed by atoms with E-state index in [1.165, 1.54) is 95.6 Å². The molecule has 0 aliphatic carbocycles. The molecule has 3 N–H and O–H groups in total. The van der Waals surface area contributed by atoms with Crippen molar-refractivity contribution in [3.8, 4) is 11.5 Å². The second-order valence-corrected chi connectivity index (χ2v) is 11.7. The van der Waals surface area contributed by atoms with Gasteiger partial charge in [0.25, 0.3) is 0 Å². The molecule has 0 aromatic heterocycles. The summed E-state index contributed by atoms with van der Waals surface area (Å²) in [5.41, 5.74) is 2.26. The minimum atomic E-state index is -0.316. The van der Waals surface area contributed by atoms with E-state index in [-0.39, 0.29) is 18.1 Å². The molecule has 2 aromatic carbocycles. The highest BCUT2D eigenvalue weighted by molar-refractivity contribution is 6.03. The molecule has 6 nitrogen and oxygen atoms in total. The Morgan fingerprint density at radius 1 is 0.705 bits per heavy atom. The molecule has 0 aliphatic heterocycles. The molecule has 0 saturated carbocycles. The van der Waals surface area contributed by atoms with Crippen LogP contribution in [-0.2, 0) is 11.4 Å². The van der Waals surface area contributed by atoms with Crippen molar-refractivity contribution in [1.82, 2.24) is 5.32 Å². The first kappa shape index (κ1) is 36.9. The highest BCUT2D eigenvalue weighted by atomic mass is 16.5. The third kappa shape index (κ3) is 17.8. The smallest absolute Gasteiger partial charge is 0.184 e. The van der Waals surface area contributed by atoms with Gasteiger partial charge in [-0.25, -0.2) is 0 Å². The number of carbonyl (C=O) groups excluding carboxylic acids is 1. The fraction of sp³-hybridized carbons (Fsp3) is 0.553. The van der Waals surface area contributed by atoms with E-state index in [1.807, 2.05) is 24.3 Å². The monoisotopic (exact) mass is 607 g/mol. The van der Waals surface area contributed by atoms with Gasteiger partial charge in [0.2, 0.25) is 0 Å². The van der Waals surface area contributed by atoms with E-state index >= 15 is 0 Å². The van der Waals surface area contributed by atoms with Crippen LogP contribution in [0.5, 0.6) is 11.5 Å². The largest absolute Gasteiger partial charge is 0.507 e. The van der Waals surface area contributed by atoms with Crippen LogP contribution in [0.15, 0.2) is 66.4 Å². The Bertz CT molecular complexity index is 1080. The lowest BCUT2D eigenvalue weighted by molar-refractivity contribution is -0.110. The number of rotatable bonds is 26. The Hall–Kier alpha value is -3.25. The molecule has 2 rings (SSSR count). The summed E-state index contributed by atoms with van der Waals surface area (Å²) in [5.74, 6) is 1.14. The molecule has 0 radical (unpaired) electrons. The lowest BCUT2D eigenvalue weighted by Gasteiger charge is -2.09. The summed E-state index contributed by atoms with van der Waals surface area (Å²) in [4.78, 5) is 12.2. The van der Waals surface area contributed by atoms with Crippen LogP contribution in [0.1, 0.15) is 121 Å². The lowest BCUT2D eigenvalue weighted by Crippen LogP contribution is -2.14. The molecule has 0 unspecified atom stereocenters. The number of carbonyl (C=O) groups is 1. The van der Waals surface area contributed by atoms with Crippen LogP contribution >= 0.6 is 0 Å².